The number of oxime groups is 1. The van der Waals surface area contributed by atoms with Gasteiger partial charge in [0, 0.05) is 29.9 Å². The number of carbonyl (C=O) groups is 2. The number of aromatic nitrogens is 4. The third-order valence-electron chi connectivity index (χ3n) is 8.52. The number of fused-ring (bicyclic) bond motifs is 1. The number of pyridine rings is 1. The first-order valence-corrected chi connectivity index (χ1v) is 15.8. The molecule has 2 aromatic heterocycles. The largest absolute Gasteiger partial charge is 0.458 e. The Labute approximate surface area is 275 Å². The van der Waals surface area contributed by atoms with E-state index >= 15 is 4.39 Å². The maximum absolute atomic E-state index is 15.3. The zero-order valence-corrected chi connectivity index (χ0v) is 26.4. The lowest BCUT2D eigenvalue weighted by atomic mass is 9.96. The van der Waals surface area contributed by atoms with E-state index < -0.39 is 30.2 Å². The average molecular weight is 649 g/mol. The Morgan fingerprint density at radius 1 is 1.06 bits per heavy atom. The number of cyclic esters (lactones) is 1. The fourth-order valence-corrected chi connectivity index (χ4v) is 6.07. The molecule has 0 aliphatic carbocycles. The van der Waals surface area contributed by atoms with E-state index in [1.165, 1.54) is 11.0 Å². The van der Waals surface area contributed by atoms with Crippen LogP contribution in [0.1, 0.15) is 31.5 Å². The number of halogens is 1. The normalized spacial score (nSPS) is 18.1. The average Bonchev–Trinajstić information content (AvgIpc) is 3.86. The molecular weight excluding hydrogens is 615 g/mol. The van der Waals surface area contributed by atoms with Crippen molar-refractivity contribution in [3.8, 4) is 11.1 Å². The van der Waals surface area contributed by atoms with Gasteiger partial charge in [-0.1, -0.05) is 72.7 Å². The van der Waals surface area contributed by atoms with Gasteiger partial charge in [-0.2, -0.15) is 0 Å². The lowest BCUT2D eigenvalue weighted by Gasteiger charge is -2.25. The molecule has 0 saturated carbocycles. The summed E-state index contributed by atoms with van der Waals surface area (Å²) in [6, 6.07) is 22.1. The molecule has 0 spiro atoms. The van der Waals surface area contributed by atoms with E-state index in [1.807, 2.05) is 56.3 Å². The zero-order valence-electron chi connectivity index (χ0n) is 26.4. The first-order chi connectivity index (χ1) is 23.3. The first-order valence-electron chi connectivity index (χ1n) is 15.8. The SMILES string of the molecule is CC(C)C(OC(=O)Cc1ccc2ccccc2c1)C1CC(c2ccc(-c3ccc(N4C[C@H](Cn5ccnn5)OC4=O)cc3F)cn2)=NO1. The van der Waals surface area contributed by atoms with Gasteiger partial charge >= 0.3 is 12.1 Å². The van der Waals surface area contributed by atoms with Crippen LogP contribution in [0.2, 0.25) is 0 Å². The van der Waals surface area contributed by atoms with Crippen LogP contribution in [0, 0.1) is 11.7 Å². The molecule has 1 saturated heterocycles. The Morgan fingerprint density at radius 2 is 1.92 bits per heavy atom. The van der Waals surface area contributed by atoms with Gasteiger partial charge in [0.1, 0.15) is 23.7 Å². The fourth-order valence-electron chi connectivity index (χ4n) is 6.07. The molecule has 244 valence electrons. The van der Waals surface area contributed by atoms with Gasteiger partial charge in [-0.05, 0) is 46.5 Å². The molecule has 48 heavy (non-hydrogen) atoms. The van der Waals surface area contributed by atoms with Gasteiger partial charge in [0.05, 0.1) is 37.1 Å². The number of ether oxygens (including phenoxy) is 2. The van der Waals surface area contributed by atoms with Crippen molar-refractivity contribution < 1.29 is 28.3 Å². The molecule has 12 heteroatoms. The number of anilines is 1. The van der Waals surface area contributed by atoms with E-state index in [-0.39, 0.29) is 24.9 Å². The number of carbonyl (C=O) groups excluding carboxylic acids is 2. The lowest BCUT2D eigenvalue weighted by Crippen LogP contribution is -2.36. The van der Waals surface area contributed by atoms with Crippen molar-refractivity contribution >= 4 is 34.2 Å². The summed E-state index contributed by atoms with van der Waals surface area (Å²) in [5, 5.41) is 14.1. The Hall–Kier alpha value is -5.65. The number of amides is 1. The number of esters is 1. The van der Waals surface area contributed by atoms with Crippen molar-refractivity contribution in [1.82, 2.24) is 20.0 Å². The topological polar surface area (TPSA) is 121 Å². The smallest absolute Gasteiger partial charge is 0.414 e. The molecule has 0 N–H and O–H groups in total. The highest BCUT2D eigenvalue weighted by Crippen LogP contribution is 2.30. The third kappa shape index (κ3) is 6.59. The van der Waals surface area contributed by atoms with Crippen LogP contribution in [0.4, 0.5) is 14.9 Å². The van der Waals surface area contributed by atoms with Gasteiger partial charge < -0.3 is 14.3 Å². The minimum atomic E-state index is -0.546. The van der Waals surface area contributed by atoms with E-state index in [4.69, 9.17) is 14.3 Å². The summed E-state index contributed by atoms with van der Waals surface area (Å²) in [4.78, 5) is 37.1. The fraction of sp³-hybridized carbons (Fsp3) is 0.278. The van der Waals surface area contributed by atoms with Crippen LogP contribution in [0.5, 0.6) is 0 Å². The quantitative estimate of drug-likeness (QED) is 0.170. The summed E-state index contributed by atoms with van der Waals surface area (Å²) in [6.45, 7) is 4.58. The van der Waals surface area contributed by atoms with Crippen LogP contribution < -0.4 is 4.90 Å². The molecule has 1 fully saturated rings. The molecule has 5 aromatic rings. The highest BCUT2D eigenvalue weighted by molar-refractivity contribution is 6.00. The summed E-state index contributed by atoms with van der Waals surface area (Å²) in [5.41, 5.74) is 3.38. The summed E-state index contributed by atoms with van der Waals surface area (Å²) in [7, 11) is 0. The number of rotatable bonds is 10. The lowest BCUT2D eigenvalue weighted by molar-refractivity contribution is -0.159. The molecule has 2 aliphatic heterocycles. The van der Waals surface area contributed by atoms with Gasteiger partial charge in [-0.3, -0.25) is 14.7 Å². The maximum Gasteiger partial charge on any atom is 0.414 e. The predicted molar refractivity (Wildman–Crippen MR) is 176 cm³/mol. The molecule has 7 rings (SSSR count). The van der Waals surface area contributed by atoms with Gasteiger partial charge in [0.15, 0.2) is 6.10 Å². The molecule has 11 nitrogen and oxygen atoms in total. The van der Waals surface area contributed by atoms with Gasteiger partial charge in [0.25, 0.3) is 0 Å². The van der Waals surface area contributed by atoms with Crippen molar-refractivity contribution in [2.45, 2.75) is 51.5 Å². The van der Waals surface area contributed by atoms with Crippen LogP contribution in [-0.2, 0) is 32.1 Å². The van der Waals surface area contributed by atoms with Crippen molar-refractivity contribution in [2.24, 2.45) is 11.1 Å². The molecule has 1 amide bonds. The summed E-state index contributed by atoms with van der Waals surface area (Å²) in [6.07, 6.45) is 3.43. The van der Waals surface area contributed by atoms with Crippen molar-refractivity contribution in [1.29, 1.82) is 0 Å². The highest BCUT2D eigenvalue weighted by atomic mass is 19.1. The number of hydrogen-bond donors (Lipinski definition) is 0. The monoisotopic (exact) mass is 648 g/mol. The Morgan fingerprint density at radius 3 is 2.67 bits per heavy atom. The van der Waals surface area contributed by atoms with Crippen LogP contribution in [0.3, 0.4) is 0 Å². The molecular formula is C36H33FN6O5. The first kappa shape index (κ1) is 31.0. The minimum absolute atomic E-state index is 0.00613. The molecule has 2 aliphatic rings. The van der Waals surface area contributed by atoms with Crippen molar-refractivity contribution in [3.63, 3.8) is 0 Å². The second-order valence-corrected chi connectivity index (χ2v) is 12.3. The van der Waals surface area contributed by atoms with E-state index in [1.54, 1.807) is 47.5 Å². The maximum atomic E-state index is 15.3. The van der Waals surface area contributed by atoms with E-state index in [0.29, 0.717) is 41.2 Å². The number of benzene rings is 3. The summed E-state index contributed by atoms with van der Waals surface area (Å²) >= 11 is 0. The molecule has 3 atom stereocenters. The molecule has 0 radical (unpaired) electrons. The third-order valence-corrected chi connectivity index (χ3v) is 8.52. The van der Waals surface area contributed by atoms with Gasteiger partial charge in [-0.25, -0.2) is 13.9 Å². The molecule has 3 aromatic carbocycles. The van der Waals surface area contributed by atoms with Gasteiger partial charge in [0.2, 0.25) is 0 Å². The van der Waals surface area contributed by atoms with E-state index in [9.17, 15) is 9.59 Å². The second kappa shape index (κ2) is 13.2. The predicted octanol–water partition coefficient (Wildman–Crippen LogP) is 5.96. The minimum Gasteiger partial charge on any atom is -0.458 e. The molecule has 4 heterocycles. The Balaban J connectivity index is 0.968. The zero-order chi connectivity index (χ0) is 33.2. The van der Waals surface area contributed by atoms with Crippen LogP contribution in [0.15, 0.2) is 96.5 Å². The van der Waals surface area contributed by atoms with Crippen LogP contribution >= 0.6 is 0 Å². The second-order valence-electron chi connectivity index (χ2n) is 12.3. The van der Waals surface area contributed by atoms with Crippen LogP contribution in [-0.4, -0.2) is 62.6 Å². The van der Waals surface area contributed by atoms with Crippen molar-refractivity contribution in [3.05, 3.63) is 108 Å². The molecule has 2 unspecified atom stereocenters. The Kier molecular flexibility index (Phi) is 8.53. The van der Waals surface area contributed by atoms with E-state index in [2.05, 4.69) is 20.5 Å². The number of nitrogens with zero attached hydrogens (tertiary/aromatic N) is 6. The van der Waals surface area contributed by atoms with Gasteiger partial charge in [-0.15, -0.1) is 5.10 Å². The van der Waals surface area contributed by atoms with E-state index in [0.717, 1.165) is 16.3 Å². The van der Waals surface area contributed by atoms with Crippen molar-refractivity contribution in [2.75, 3.05) is 11.4 Å². The summed E-state index contributed by atoms with van der Waals surface area (Å²) in [5.74, 6) is -0.834. The summed E-state index contributed by atoms with van der Waals surface area (Å²) < 4.78 is 28.3. The van der Waals surface area contributed by atoms with Crippen LogP contribution in [0.25, 0.3) is 21.9 Å². The Bertz CT molecular complexity index is 1980. The molecule has 0 bridgehead atoms. The number of hydrogen-bond acceptors (Lipinski definition) is 9. The standard InChI is InChI=1S/C36H33FN6O5/c1-22(2)35(47-34(44)16-23-7-8-24-5-3-4-6-25(24)15-23)33-18-32(40-48-33)31-12-9-26(19-38-31)29-11-10-27(17-30(29)37)43-21-28(46-36(43)45)20-42-14-13-39-41-42/h3-15,17,19,22,28,33,35H,16,18,20-21H2,1-2H3/t28-,33?,35?/m0/s1. The highest BCUT2D eigenvalue weighted by Gasteiger charge is 2.36.